The van der Waals surface area contributed by atoms with Gasteiger partial charge in [0.1, 0.15) is 5.82 Å². The maximum absolute atomic E-state index is 4.66. The predicted molar refractivity (Wildman–Crippen MR) is 89.1 cm³/mol. The Kier molecular flexibility index (Phi) is 5.85. The van der Waals surface area contributed by atoms with E-state index in [0.717, 1.165) is 29.3 Å². The zero-order chi connectivity index (χ0) is 14.5. The summed E-state index contributed by atoms with van der Waals surface area (Å²) in [6.07, 6.45) is 7.17. The molecule has 1 aliphatic carbocycles. The highest BCUT2D eigenvalue weighted by Gasteiger charge is 2.23. The Morgan fingerprint density at radius 1 is 1.35 bits per heavy atom. The number of nitrogens with zero attached hydrogens (tertiary/aromatic N) is 2. The standard InChI is InChI=1S/C16H26BrN3/c1-4-18-10-13-9-14(17)11-19-16(13)20(3)15-7-5-12(2)6-8-15/h9,11-12,15,18H,4-8,10H2,1-3H3. The van der Waals surface area contributed by atoms with Crippen molar-refractivity contribution in [1.82, 2.24) is 10.3 Å². The van der Waals surface area contributed by atoms with Crippen LogP contribution in [0.25, 0.3) is 0 Å². The van der Waals surface area contributed by atoms with Gasteiger partial charge in [-0.25, -0.2) is 4.98 Å². The molecular formula is C16H26BrN3. The molecule has 0 unspecified atom stereocenters. The normalized spacial score (nSPS) is 22.8. The van der Waals surface area contributed by atoms with Crippen LogP contribution in [0.1, 0.15) is 45.1 Å². The van der Waals surface area contributed by atoms with Crippen LogP contribution in [0.4, 0.5) is 5.82 Å². The predicted octanol–water partition coefficient (Wildman–Crippen LogP) is 3.97. The van der Waals surface area contributed by atoms with E-state index in [1.807, 2.05) is 6.20 Å². The van der Waals surface area contributed by atoms with Crippen LogP contribution in [0.5, 0.6) is 0 Å². The van der Waals surface area contributed by atoms with Crippen LogP contribution in [0.2, 0.25) is 0 Å². The minimum absolute atomic E-state index is 0.639. The first kappa shape index (κ1) is 15.8. The summed E-state index contributed by atoms with van der Waals surface area (Å²) in [5, 5.41) is 3.41. The van der Waals surface area contributed by atoms with E-state index in [2.05, 4.69) is 58.1 Å². The molecule has 0 radical (unpaired) electrons. The zero-order valence-corrected chi connectivity index (χ0v) is 14.4. The molecule has 0 amide bonds. The molecule has 4 heteroatoms. The van der Waals surface area contributed by atoms with Crippen LogP contribution >= 0.6 is 15.9 Å². The third-order valence-corrected chi connectivity index (χ3v) is 4.78. The number of nitrogens with one attached hydrogen (secondary N) is 1. The third-order valence-electron chi connectivity index (χ3n) is 4.34. The Bertz CT molecular complexity index is 428. The maximum Gasteiger partial charge on any atom is 0.133 e. The first-order chi connectivity index (χ1) is 9.61. The molecule has 20 heavy (non-hydrogen) atoms. The molecule has 112 valence electrons. The van der Waals surface area contributed by atoms with Crippen molar-refractivity contribution >= 4 is 21.7 Å². The molecule has 2 rings (SSSR count). The summed E-state index contributed by atoms with van der Waals surface area (Å²) in [6.45, 7) is 6.37. The number of hydrogen-bond donors (Lipinski definition) is 1. The molecule has 0 spiro atoms. The summed E-state index contributed by atoms with van der Waals surface area (Å²) in [5.41, 5.74) is 1.28. The molecule has 1 aliphatic rings. The van der Waals surface area contributed by atoms with Gasteiger partial charge >= 0.3 is 0 Å². The fraction of sp³-hybridized carbons (Fsp3) is 0.688. The number of aromatic nitrogens is 1. The topological polar surface area (TPSA) is 28.2 Å². The van der Waals surface area contributed by atoms with E-state index in [-0.39, 0.29) is 0 Å². The lowest BCUT2D eigenvalue weighted by molar-refractivity contribution is 0.339. The van der Waals surface area contributed by atoms with Crippen LogP contribution in [-0.4, -0.2) is 24.6 Å². The number of hydrogen-bond acceptors (Lipinski definition) is 3. The maximum atomic E-state index is 4.66. The Hall–Kier alpha value is -0.610. The van der Waals surface area contributed by atoms with Gasteiger partial charge in [0.2, 0.25) is 0 Å². The van der Waals surface area contributed by atoms with Crippen molar-refractivity contribution in [3.8, 4) is 0 Å². The average molecular weight is 340 g/mol. The van der Waals surface area contributed by atoms with Crippen molar-refractivity contribution in [2.45, 2.75) is 52.1 Å². The van der Waals surface area contributed by atoms with E-state index in [1.54, 1.807) is 0 Å². The highest BCUT2D eigenvalue weighted by Crippen LogP contribution is 2.30. The van der Waals surface area contributed by atoms with Gasteiger partial charge in [-0.2, -0.15) is 0 Å². The quantitative estimate of drug-likeness (QED) is 0.879. The van der Waals surface area contributed by atoms with Crippen molar-refractivity contribution in [3.63, 3.8) is 0 Å². The van der Waals surface area contributed by atoms with E-state index in [9.17, 15) is 0 Å². The molecule has 1 aromatic rings. The fourth-order valence-electron chi connectivity index (χ4n) is 2.98. The van der Waals surface area contributed by atoms with Crippen molar-refractivity contribution in [1.29, 1.82) is 0 Å². The molecule has 1 aromatic heterocycles. The zero-order valence-electron chi connectivity index (χ0n) is 12.8. The van der Waals surface area contributed by atoms with Crippen LogP contribution < -0.4 is 10.2 Å². The monoisotopic (exact) mass is 339 g/mol. The van der Waals surface area contributed by atoms with E-state index in [1.165, 1.54) is 31.2 Å². The van der Waals surface area contributed by atoms with Gasteiger partial charge in [-0.15, -0.1) is 0 Å². The molecule has 1 heterocycles. The van der Waals surface area contributed by atoms with Crippen molar-refractivity contribution < 1.29 is 0 Å². The number of pyridine rings is 1. The van der Waals surface area contributed by atoms with Crippen LogP contribution in [0.15, 0.2) is 16.7 Å². The molecule has 0 atom stereocenters. The Labute approximate surface area is 131 Å². The molecule has 1 fully saturated rings. The average Bonchev–Trinajstić information content (AvgIpc) is 2.45. The Morgan fingerprint density at radius 2 is 2.05 bits per heavy atom. The molecule has 1 N–H and O–H groups in total. The highest BCUT2D eigenvalue weighted by molar-refractivity contribution is 9.10. The minimum atomic E-state index is 0.639. The largest absolute Gasteiger partial charge is 0.356 e. The van der Waals surface area contributed by atoms with Crippen molar-refractivity contribution in [2.24, 2.45) is 5.92 Å². The lowest BCUT2D eigenvalue weighted by atomic mass is 9.86. The van der Waals surface area contributed by atoms with Gasteiger partial charge in [0, 0.05) is 35.9 Å². The lowest BCUT2D eigenvalue weighted by Crippen LogP contribution is -2.36. The first-order valence-corrected chi connectivity index (χ1v) is 8.49. The Morgan fingerprint density at radius 3 is 2.70 bits per heavy atom. The first-order valence-electron chi connectivity index (χ1n) is 7.69. The SMILES string of the molecule is CCNCc1cc(Br)cnc1N(C)C1CCC(C)CC1. The number of anilines is 1. The molecule has 0 bridgehead atoms. The Balaban J connectivity index is 2.13. The summed E-state index contributed by atoms with van der Waals surface area (Å²) in [6, 6.07) is 2.83. The summed E-state index contributed by atoms with van der Waals surface area (Å²) in [7, 11) is 2.20. The molecule has 0 aliphatic heterocycles. The number of rotatable bonds is 5. The fourth-order valence-corrected chi connectivity index (χ4v) is 3.36. The van der Waals surface area contributed by atoms with Gasteiger partial charge in [-0.1, -0.05) is 13.8 Å². The smallest absolute Gasteiger partial charge is 0.133 e. The van der Waals surface area contributed by atoms with Gasteiger partial charge in [0.25, 0.3) is 0 Å². The molecule has 0 saturated heterocycles. The highest BCUT2D eigenvalue weighted by atomic mass is 79.9. The molecule has 3 nitrogen and oxygen atoms in total. The van der Waals surface area contributed by atoms with Gasteiger partial charge in [-0.3, -0.25) is 0 Å². The van der Waals surface area contributed by atoms with E-state index in [4.69, 9.17) is 0 Å². The van der Waals surface area contributed by atoms with E-state index in [0.29, 0.717) is 6.04 Å². The third kappa shape index (κ3) is 3.95. The second-order valence-corrected chi connectivity index (χ2v) is 6.86. The van der Waals surface area contributed by atoms with Crippen LogP contribution in [0.3, 0.4) is 0 Å². The second-order valence-electron chi connectivity index (χ2n) is 5.94. The van der Waals surface area contributed by atoms with Crippen molar-refractivity contribution in [2.75, 3.05) is 18.5 Å². The minimum Gasteiger partial charge on any atom is -0.356 e. The molecular weight excluding hydrogens is 314 g/mol. The van der Waals surface area contributed by atoms with E-state index >= 15 is 0 Å². The summed E-state index contributed by atoms with van der Waals surface area (Å²) in [5.74, 6) is 2.02. The van der Waals surface area contributed by atoms with Gasteiger partial charge < -0.3 is 10.2 Å². The van der Waals surface area contributed by atoms with Crippen LogP contribution in [-0.2, 0) is 6.54 Å². The van der Waals surface area contributed by atoms with Gasteiger partial charge in [0.15, 0.2) is 0 Å². The molecule has 0 aromatic carbocycles. The van der Waals surface area contributed by atoms with Gasteiger partial charge in [-0.05, 0) is 60.1 Å². The van der Waals surface area contributed by atoms with E-state index < -0.39 is 0 Å². The second kappa shape index (κ2) is 7.41. The molecule has 1 saturated carbocycles. The summed E-state index contributed by atoms with van der Waals surface area (Å²) in [4.78, 5) is 7.06. The summed E-state index contributed by atoms with van der Waals surface area (Å²) < 4.78 is 1.06. The van der Waals surface area contributed by atoms with Gasteiger partial charge in [0.05, 0.1) is 0 Å². The van der Waals surface area contributed by atoms with Crippen LogP contribution in [0, 0.1) is 5.92 Å². The van der Waals surface area contributed by atoms with Crippen molar-refractivity contribution in [3.05, 3.63) is 22.3 Å². The summed E-state index contributed by atoms with van der Waals surface area (Å²) >= 11 is 3.53. The lowest BCUT2D eigenvalue weighted by Gasteiger charge is -2.35. The number of halogens is 1.